The fourth-order valence-electron chi connectivity index (χ4n) is 3.19. The summed E-state index contributed by atoms with van der Waals surface area (Å²) in [6.07, 6.45) is 5.68. The van der Waals surface area contributed by atoms with Gasteiger partial charge in [0.15, 0.2) is 0 Å². The highest BCUT2D eigenvalue weighted by atomic mass is 16.2. The van der Waals surface area contributed by atoms with Crippen LogP contribution in [0, 0.1) is 0 Å². The smallest absolute Gasteiger partial charge is 0.312 e. The molecule has 1 heterocycles. The summed E-state index contributed by atoms with van der Waals surface area (Å²) < 4.78 is 0. The fraction of sp³-hybridized carbons (Fsp3) is 0.867. The number of nitrogens with zero attached hydrogens (tertiary/aromatic N) is 3. The highest BCUT2D eigenvalue weighted by molar-refractivity contribution is 6.34. The molecule has 5 nitrogen and oxygen atoms in total. The van der Waals surface area contributed by atoms with Gasteiger partial charge in [-0.3, -0.25) is 9.59 Å². The molecular weight excluding hydrogens is 254 g/mol. The van der Waals surface area contributed by atoms with E-state index in [1.165, 1.54) is 19.3 Å². The van der Waals surface area contributed by atoms with Gasteiger partial charge in [0.05, 0.1) is 0 Å². The molecule has 2 aliphatic rings. The lowest BCUT2D eigenvalue weighted by Crippen LogP contribution is -2.54. The number of rotatable bonds is 2. The number of carbonyl (C=O) groups is 2. The number of amides is 2. The molecule has 0 radical (unpaired) electrons. The Hall–Kier alpha value is -1.10. The molecular formula is C15H27N3O2. The molecule has 5 heteroatoms. The SMILES string of the molecule is CCN1CCN(C(=O)C(=O)N(C)C2CCCCC2)CC1. The number of hydrogen-bond acceptors (Lipinski definition) is 3. The van der Waals surface area contributed by atoms with Crippen LogP contribution in [0.1, 0.15) is 39.0 Å². The summed E-state index contributed by atoms with van der Waals surface area (Å²) in [5.74, 6) is -0.629. The summed E-state index contributed by atoms with van der Waals surface area (Å²) in [5, 5.41) is 0. The maximum Gasteiger partial charge on any atom is 0.312 e. The highest BCUT2D eigenvalue weighted by Crippen LogP contribution is 2.22. The average molecular weight is 281 g/mol. The largest absolute Gasteiger partial charge is 0.335 e. The fourth-order valence-corrected chi connectivity index (χ4v) is 3.19. The minimum atomic E-state index is -0.318. The molecule has 0 spiro atoms. The summed E-state index contributed by atoms with van der Waals surface area (Å²) in [6, 6.07) is 0.261. The second-order valence-corrected chi connectivity index (χ2v) is 5.93. The van der Waals surface area contributed by atoms with Gasteiger partial charge in [0.25, 0.3) is 0 Å². The molecule has 0 aromatic rings. The van der Waals surface area contributed by atoms with Crippen LogP contribution in [0.3, 0.4) is 0 Å². The third-order valence-corrected chi connectivity index (χ3v) is 4.73. The molecule has 0 bridgehead atoms. The van der Waals surface area contributed by atoms with Crippen molar-refractivity contribution in [1.29, 1.82) is 0 Å². The van der Waals surface area contributed by atoms with Gasteiger partial charge in [-0.15, -0.1) is 0 Å². The second kappa shape index (κ2) is 7.07. The minimum Gasteiger partial charge on any atom is -0.335 e. The van der Waals surface area contributed by atoms with Crippen LogP contribution in [0.15, 0.2) is 0 Å². The summed E-state index contributed by atoms with van der Waals surface area (Å²) >= 11 is 0. The zero-order valence-corrected chi connectivity index (χ0v) is 12.8. The summed E-state index contributed by atoms with van der Waals surface area (Å²) in [6.45, 7) is 6.25. The molecule has 114 valence electrons. The van der Waals surface area contributed by atoms with Crippen LogP contribution in [0.25, 0.3) is 0 Å². The van der Waals surface area contributed by atoms with Crippen LogP contribution in [0.2, 0.25) is 0 Å². The van der Waals surface area contributed by atoms with E-state index in [0.717, 1.165) is 32.5 Å². The molecule has 0 atom stereocenters. The van der Waals surface area contributed by atoms with Gasteiger partial charge < -0.3 is 14.7 Å². The van der Waals surface area contributed by atoms with E-state index in [-0.39, 0.29) is 17.9 Å². The Morgan fingerprint density at radius 2 is 1.65 bits per heavy atom. The molecule has 20 heavy (non-hydrogen) atoms. The number of likely N-dealkylation sites (N-methyl/N-ethyl adjacent to an activating group) is 2. The van der Waals surface area contributed by atoms with Crippen LogP contribution < -0.4 is 0 Å². The monoisotopic (exact) mass is 281 g/mol. The molecule has 2 fully saturated rings. The highest BCUT2D eigenvalue weighted by Gasteiger charge is 2.31. The topological polar surface area (TPSA) is 43.9 Å². The molecule has 0 N–H and O–H groups in total. The number of carbonyl (C=O) groups excluding carboxylic acids is 2. The van der Waals surface area contributed by atoms with Crippen LogP contribution in [-0.4, -0.2) is 72.3 Å². The maximum absolute atomic E-state index is 12.3. The molecule has 0 aromatic carbocycles. The number of piperazine rings is 1. The van der Waals surface area contributed by atoms with Gasteiger partial charge >= 0.3 is 11.8 Å². The zero-order valence-electron chi connectivity index (χ0n) is 12.8. The van der Waals surface area contributed by atoms with Gasteiger partial charge in [-0.2, -0.15) is 0 Å². The van der Waals surface area contributed by atoms with Crippen LogP contribution in [0.5, 0.6) is 0 Å². The van der Waals surface area contributed by atoms with E-state index in [0.29, 0.717) is 13.1 Å². The quantitative estimate of drug-likeness (QED) is 0.708. The first-order valence-corrected chi connectivity index (χ1v) is 7.92. The van der Waals surface area contributed by atoms with Crippen molar-refractivity contribution in [1.82, 2.24) is 14.7 Å². The molecule has 1 aliphatic carbocycles. The van der Waals surface area contributed by atoms with Crippen LogP contribution >= 0.6 is 0 Å². The van der Waals surface area contributed by atoms with Crippen molar-refractivity contribution in [2.24, 2.45) is 0 Å². The van der Waals surface area contributed by atoms with E-state index in [2.05, 4.69) is 11.8 Å². The van der Waals surface area contributed by atoms with Crippen molar-refractivity contribution in [2.45, 2.75) is 45.1 Å². The van der Waals surface area contributed by atoms with E-state index in [9.17, 15) is 9.59 Å². The van der Waals surface area contributed by atoms with Crippen molar-refractivity contribution in [3.05, 3.63) is 0 Å². The molecule has 2 rings (SSSR count). The van der Waals surface area contributed by atoms with Gasteiger partial charge in [-0.05, 0) is 19.4 Å². The summed E-state index contributed by atoms with van der Waals surface area (Å²) in [7, 11) is 1.79. The van der Waals surface area contributed by atoms with Crippen molar-refractivity contribution >= 4 is 11.8 Å². The normalized spacial score (nSPS) is 21.8. The van der Waals surface area contributed by atoms with Gasteiger partial charge in [0.2, 0.25) is 0 Å². The third-order valence-electron chi connectivity index (χ3n) is 4.73. The van der Waals surface area contributed by atoms with Gasteiger partial charge in [-0.25, -0.2) is 0 Å². The second-order valence-electron chi connectivity index (χ2n) is 5.93. The van der Waals surface area contributed by atoms with Crippen molar-refractivity contribution < 1.29 is 9.59 Å². The van der Waals surface area contributed by atoms with Crippen LogP contribution in [0.4, 0.5) is 0 Å². The van der Waals surface area contributed by atoms with E-state index in [4.69, 9.17) is 0 Å². The van der Waals surface area contributed by atoms with E-state index in [1.54, 1.807) is 16.8 Å². The molecule has 2 amide bonds. The van der Waals surface area contributed by atoms with Crippen molar-refractivity contribution in [2.75, 3.05) is 39.8 Å². The molecule has 1 saturated carbocycles. The Morgan fingerprint density at radius 1 is 1.05 bits per heavy atom. The Bertz CT molecular complexity index is 345. The maximum atomic E-state index is 12.3. The number of hydrogen-bond donors (Lipinski definition) is 0. The van der Waals surface area contributed by atoms with Crippen molar-refractivity contribution in [3.63, 3.8) is 0 Å². The predicted molar refractivity (Wildman–Crippen MR) is 78.3 cm³/mol. The molecule has 1 aliphatic heterocycles. The Kier molecular flexibility index (Phi) is 5.40. The predicted octanol–water partition coefficient (Wildman–Crippen LogP) is 0.942. The van der Waals surface area contributed by atoms with Crippen molar-refractivity contribution in [3.8, 4) is 0 Å². The lowest BCUT2D eigenvalue weighted by atomic mass is 9.94. The first-order valence-electron chi connectivity index (χ1n) is 7.92. The standard InChI is InChI=1S/C15H27N3O2/c1-3-17-9-11-18(12-10-17)15(20)14(19)16(2)13-7-5-4-6-8-13/h13H,3-12H2,1-2H3. The van der Waals surface area contributed by atoms with Gasteiger partial charge in [-0.1, -0.05) is 26.2 Å². The Morgan fingerprint density at radius 3 is 2.20 bits per heavy atom. The van der Waals surface area contributed by atoms with E-state index >= 15 is 0 Å². The first-order chi connectivity index (χ1) is 9.63. The van der Waals surface area contributed by atoms with E-state index < -0.39 is 0 Å². The van der Waals surface area contributed by atoms with Gasteiger partial charge in [0, 0.05) is 39.3 Å². The summed E-state index contributed by atoms with van der Waals surface area (Å²) in [4.78, 5) is 30.3. The lowest BCUT2D eigenvalue weighted by molar-refractivity contribution is -0.153. The minimum absolute atomic E-state index is 0.261. The molecule has 0 aromatic heterocycles. The van der Waals surface area contributed by atoms with Crippen LogP contribution in [-0.2, 0) is 9.59 Å². The third kappa shape index (κ3) is 3.51. The zero-order chi connectivity index (χ0) is 14.5. The Labute approximate surface area is 121 Å². The lowest BCUT2D eigenvalue weighted by Gasteiger charge is -2.36. The van der Waals surface area contributed by atoms with E-state index in [1.807, 2.05) is 0 Å². The molecule has 0 unspecified atom stereocenters. The van der Waals surface area contributed by atoms with Gasteiger partial charge in [0.1, 0.15) is 0 Å². The molecule has 1 saturated heterocycles. The summed E-state index contributed by atoms with van der Waals surface area (Å²) in [5.41, 5.74) is 0. The first kappa shape index (κ1) is 15.3. The Balaban J connectivity index is 1.86. The average Bonchev–Trinajstić information content (AvgIpc) is 2.53.